The van der Waals surface area contributed by atoms with Crippen LogP contribution >= 0.6 is 11.3 Å². The van der Waals surface area contributed by atoms with E-state index in [1.54, 1.807) is 4.57 Å². The number of nitrogens with zero attached hydrogens (tertiary/aromatic N) is 2. The van der Waals surface area contributed by atoms with Gasteiger partial charge in [-0.15, -0.1) is 0 Å². The van der Waals surface area contributed by atoms with Gasteiger partial charge in [0.05, 0.1) is 6.04 Å². The first-order chi connectivity index (χ1) is 12.5. The summed E-state index contributed by atoms with van der Waals surface area (Å²) in [5.74, 6) is 0.117. The Kier molecular flexibility index (Phi) is 5.94. The molecular formula is C20H27N3O2S. The second kappa shape index (κ2) is 8.18. The Balaban J connectivity index is 1.72. The number of nitrogens with one attached hydrogen (secondary N) is 1. The Morgan fingerprint density at radius 2 is 2.00 bits per heavy atom. The fourth-order valence-corrected chi connectivity index (χ4v) is 4.33. The van der Waals surface area contributed by atoms with Crippen LogP contribution in [0.2, 0.25) is 0 Å². The van der Waals surface area contributed by atoms with Crippen molar-refractivity contribution in [3.63, 3.8) is 0 Å². The maximum Gasteiger partial charge on any atom is 0.307 e. The van der Waals surface area contributed by atoms with Crippen LogP contribution in [-0.2, 0) is 17.8 Å². The van der Waals surface area contributed by atoms with Crippen molar-refractivity contribution in [3.8, 4) is 0 Å². The monoisotopic (exact) mass is 373 g/mol. The van der Waals surface area contributed by atoms with Crippen molar-refractivity contribution >= 4 is 17.2 Å². The molecule has 1 amide bonds. The maximum absolute atomic E-state index is 12.9. The summed E-state index contributed by atoms with van der Waals surface area (Å²) in [6.07, 6.45) is 1.38. The van der Waals surface area contributed by atoms with Crippen LogP contribution in [0.3, 0.4) is 0 Å². The van der Waals surface area contributed by atoms with Crippen molar-refractivity contribution < 1.29 is 4.79 Å². The topological polar surface area (TPSA) is 54.3 Å². The van der Waals surface area contributed by atoms with Crippen LogP contribution in [0.25, 0.3) is 0 Å². The lowest BCUT2D eigenvalue weighted by molar-refractivity contribution is -0.134. The molecule has 0 bridgehead atoms. The second-order valence-corrected chi connectivity index (χ2v) is 7.98. The summed E-state index contributed by atoms with van der Waals surface area (Å²) in [4.78, 5) is 28.0. The normalized spacial score (nSPS) is 17.5. The number of hydrogen-bond acceptors (Lipinski definition) is 4. The minimum atomic E-state index is 0.0276. The molecule has 0 aliphatic carbocycles. The Bertz CT molecular complexity index is 823. The van der Waals surface area contributed by atoms with Gasteiger partial charge in [0, 0.05) is 43.2 Å². The Labute approximate surface area is 158 Å². The van der Waals surface area contributed by atoms with Gasteiger partial charge >= 0.3 is 4.87 Å². The first-order valence-electron chi connectivity index (χ1n) is 9.27. The summed E-state index contributed by atoms with van der Waals surface area (Å²) >= 11 is 1.26. The van der Waals surface area contributed by atoms with Crippen molar-refractivity contribution in [2.75, 3.05) is 19.6 Å². The third-order valence-electron chi connectivity index (χ3n) is 5.26. The molecule has 1 aromatic heterocycles. The van der Waals surface area contributed by atoms with Gasteiger partial charge in [-0.1, -0.05) is 42.5 Å². The molecule has 2 aromatic rings. The number of aryl methyl sites for hydroxylation is 2. The van der Waals surface area contributed by atoms with E-state index in [4.69, 9.17) is 0 Å². The first kappa shape index (κ1) is 18.9. The number of benzene rings is 1. The lowest BCUT2D eigenvalue weighted by Gasteiger charge is -2.36. The van der Waals surface area contributed by atoms with Gasteiger partial charge in [0.15, 0.2) is 0 Å². The average Bonchev–Trinajstić information content (AvgIpc) is 2.91. The van der Waals surface area contributed by atoms with E-state index in [1.807, 2.05) is 18.7 Å². The Hall–Kier alpha value is -1.92. The van der Waals surface area contributed by atoms with E-state index in [0.717, 1.165) is 30.1 Å². The van der Waals surface area contributed by atoms with Crippen LogP contribution in [0.4, 0.5) is 0 Å². The maximum atomic E-state index is 12.9. The summed E-state index contributed by atoms with van der Waals surface area (Å²) in [6.45, 7) is 8.78. The molecular weight excluding hydrogens is 346 g/mol. The van der Waals surface area contributed by atoms with Gasteiger partial charge in [0.1, 0.15) is 0 Å². The number of thiazole rings is 1. The molecule has 26 heavy (non-hydrogen) atoms. The molecule has 1 N–H and O–H groups in total. The molecule has 1 atom stereocenters. The molecule has 1 aliphatic heterocycles. The molecule has 1 aromatic carbocycles. The molecule has 140 valence electrons. The molecule has 0 spiro atoms. The first-order valence-corrected chi connectivity index (χ1v) is 10.1. The van der Waals surface area contributed by atoms with E-state index in [2.05, 4.69) is 36.5 Å². The molecule has 5 nitrogen and oxygen atoms in total. The van der Waals surface area contributed by atoms with Gasteiger partial charge in [-0.2, -0.15) is 0 Å². The van der Waals surface area contributed by atoms with Crippen LogP contribution in [-0.4, -0.2) is 35.0 Å². The quantitative estimate of drug-likeness (QED) is 0.877. The lowest BCUT2D eigenvalue weighted by atomic mass is 10.0. The van der Waals surface area contributed by atoms with E-state index in [-0.39, 0.29) is 16.8 Å². The second-order valence-electron chi connectivity index (χ2n) is 6.81. The van der Waals surface area contributed by atoms with Crippen molar-refractivity contribution in [2.45, 2.75) is 46.2 Å². The highest BCUT2D eigenvalue weighted by atomic mass is 32.1. The molecule has 0 saturated carbocycles. The zero-order valence-corrected chi connectivity index (χ0v) is 16.6. The molecule has 1 fully saturated rings. The number of carbonyl (C=O) groups is 1. The fraction of sp³-hybridized carbons (Fsp3) is 0.500. The summed E-state index contributed by atoms with van der Waals surface area (Å²) in [5.41, 5.74) is 3.44. The lowest BCUT2D eigenvalue weighted by Crippen LogP contribution is -2.48. The SMILES string of the molecule is CCc1ccc(C2CNCCN2C(=O)CCn2c(C)c(C)sc2=O)cc1. The smallest absolute Gasteiger partial charge is 0.307 e. The van der Waals surface area contributed by atoms with Gasteiger partial charge in [-0.3, -0.25) is 9.59 Å². The number of hydrogen-bond donors (Lipinski definition) is 1. The number of aromatic nitrogens is 1. The Morgan fingerprint density at radius 1 is 1.27 bits per heavy atom. The predicted octanol–water partition coefficient (Wildman–Crippen LogP) is 2.65. The van der Waals surface area contributed by atoms with Crippen molar-refractivity contribution in [1.82, 2.24) is 14.8 Å². The van der Waals surface area contributed by atoms with Gasteiger partial charge < -0.3 is 14.8 Å². The van der Waals surface area contributed by atoms with E-state index in [0.29, 0.717) is 19.5 Å². The molecule has 0 radical (unpaired) electrons. The summed E-state index contributed by atoms with van der Waals surface area (Å²) in [7, 11) is 0. The van der Waals surface area contributed by atoms with Crippen molar-refractivity contribution in [3.05, 3.63) is 55.6 Å². The zero-order chi connectivity index (χ0) is 18.7. The Morgan fingerprint density at radius 3 is 2.62 bits per heavy atom. The van der Waals surface area contributed by atoms with E-state index in [1.165, 1.54) is 22.5 Å². The van der Waals surface area contributed by atoms with E-state index >= 15 is 0 Å². The average molecular weight is 374 g/mol. The minimum Gasteiger partial charge on any atom is -0.333 e. The third-order valence-corrected chi connectivity index (χ3v) is 6.26. The van der Waals surface area contributed by atoms with Gasteiger partial charge in [-0.05, 0) is 31.4 Å². The number of carbonyl (C=O) groups excluding carboxylic acids is 1. The summed E-state index contributed by atoms with van der Waals surface area (Å²) < 4.78 is 1.73. The van der Waals surface area contributed by atoms with Gasteiger partial charge in [0.25, 0.3) is 0 Å². The van der Waals surface area contributed by atoms with E-state index in [9.17, 15) is 9.59 Å². The standard InChI is InChI=1S/C20H27N3O2S/c1-4-16-5-7-17(8-6-16)18-13-21-10-12-23(18)19(24)9-11-22-14(2)15(3)26-20(22)25/h5-8,18,21H,4,9-13H2,1-3H3. The van der Waals surface area contributed by atoms with Crippen molar-refractivity contribution in [1.29, 1.82) is 0 Å². The van der Waals surface area contributed by atoms with Gasteiger partial charge in [0.2, 0.25) is 5.91 Å². The summed E-state index contributed by atoms with van der Waals surface area (Å²) in [5, 5.41) is 3.39. The predicted molar refractivity (Wildman–Crippen MR) is 106 cm³/mol. The zero-order valence-electron chi connectivity index (χ0n) is 15.7. The van der Waals surface area contributed by atoms with Crippen LogP contribution in [0, 0.1) is 13.8 Å². The molecule has 2 heterocycles. The van der Waals surface area contributed by atoms with Crippen LogP contribution in [0.5, 0.6) is 0 Å². The number of amides is 1. The highest BCUT2D eigenvalue weighted by molar-refractivity contribution is 7.09. The molecule has 3 rings (SSSR count). The fourth-order valence-electron chi connectivity index (χ4n) is 3.47. The van der Waals surface area contributed by atoms with E-state index < -0.39 is 0 Å². The molecule has 1 unspecified atom stereocenters. The molecule has 1 saturated heterocycles. The number of piperazine rings is 1. The number of rotatable bonds is 5. The summed E-state index contributed by atoms with van der Waals surface area (Å²) in [6, 6.07) is 8.61. The largest absolute Gasteiger partial charge is 0.333 e. The third kappa shape index (κ3) is 3.91. The van der Waals surface area contributed by atoms with Crippen molar-refractivity contribution in [2.24, 2.45) is 0 Å². The molecule has 1 aliphatic rings. The van der Waals surface area contributed by atoms with Gasteiger partial charge in [-0.25, -0.2) is 0 Å². The van der Waals surface area contributed by atoms with Crippen LogP contribution < -0.4 is 10.2 Å². The minimum absolute atomic E-state index is 0.0276. The highest BCUT2D eigenvalue weighted by Crippen LogP contribution is 2.24. The molecule has 6 heteroatoms. The van der Waals surface area contributed by atoms with Crippen LogP contribution in [0.15, 0.2) is 29.1 Å². The van der Waals surface area contributed by atoms with Crippen LogP contribution in [0.1, 0.15) is 41.1 Å². The highest BCUT2D eigenvalue weighted by Gasteiger charge is 2.27.